The number of hydrogen-bond acceptors (Lipinski definition) is 3. The smallest absolute Gasteiger partial charge is 0.251 e. The molecule has 1 amide bonds. The lowest BCUT2D eigenvalue weighted by Gasteiger charge is -2.07. The molecule has 0 aliphatic heterocycles. The second-order valence-corrected chi connectivity index (χ2v) is 6.53. The van der Waals surface area contributed by atoms with Gasteiger partial charge in [0.15, 0.2) is 0 Å². The summed E-state index contributed by atoms with van der Waals surface area (Å²) >= 11 is 0. The van der Waals surface area contributed by atoms with Gasteiger partial charge in [-0.3, -0.25) is 4.79 Å². The summed E-state index contributed by atoms with van der Waals surface area (Å²) < 4.78 is 13.1. The zero-order valence-electron chi connectivity index (χ0n) is 15.5. The second-order valence-electron chi connectivity index (χ2n) is 6.53. The quantitative estimate of drug-likeness (QED) is 0.534. The molecule has 142 valence electrons. The Balaban J connectivity index is 1.42. The number of amides is 1. The van der Waals surface area contributed by atoms with Gasteiger partial charge >= 0.3 is 0 Å². The molecule has 0 unspecified atom stereocenters. The molecule has 0 spiro atoms. The summed E-state index contributed by atoms with van der Waals surface area (Å²) in [7, 11) is 0. The van der Waals surface area contributed by atoms with Gasteiger partial charge in [0.2, 0.25) is 0 Å². The Morgan fingerprint density at radius 2 is 1.45 bits per heavy atom. The summed E-state index contributed by atoms with van der Waals surface area (Å²) in [5, 5.41) is 2.87. The van der Waals surface area contributed by atoms with E-state index in [1.54, 1.807) is 18.2 Å². The number of nitrogens with one attached hydrogen (secondary N) is 1. The molecule has 1 heterocycles. The summed E-state index contributed by atoms with van der Waals surface area (Å²) in [5.74, 6) is -0.472. The van der Waals surface area contributed by atoms with E-state index in [-0.39, 0.29) is 18.3 Å². The van der Waals surface area contributed by atoms with E-state index in [9.17, 15) is 9.18 Å². The fourth-order valence-corrected chi connectivity index (χ4v) is 2.99. The maximum Gasteiger partial charge on any atom is 0.251 e. The molecule has 0 atom stereocenters. The largest absolute Gasteiger partial charge is 0.346 e. The van der Waals surface area contributed by atoms with Crippen LogP contribution in [0.25, 0.3) is 22.4 Å². The first kappa shape index (κ1) is 18.5. The Labute approximate surface area is 168 Å². The van der Waals surface area contributed by atoms with Crippen LogP contribution in [0, 0.1) is 5.82 Å². The van der Waals surface area contributed by atoms with Crippen molar-refractivity contribution < 1.29 is 9.18 Å². The Hall–Kier alpha value is -3.86. The van der Waals surface area contributed by atoms with E-state index in [4.69, 9.17) is 0 Å². The number of nitrogens with zero attached hydrogens (tertiary/aromatic N) is 2. The molecule has 4 aromatic rings. The third-order valence-electron chi connectivity index (χ3n) is 4.55. The van der Waals surface area contributed by atoms with Gasteiger partial charge in [-0.25, -0.2) is 14.4 Å². The van der Waals surface area contributed by atoms with Crippen LogP contribution in [-0.2, 0) is 6.54 Å². The molecule has 4 rings (SSSR count). The van der Waals surface area contributed by atoms with Crippen molar-refractivity contribution in [2.75, 3.05) is 0 Å². The predicted octanol–water partition coefficient (Wildman–Crippen LogP) is 4.88. The molecule has 0 radical (unpaired) electrons. The zero-order chi connectivity index (χ0) is 20.1. The van der Waals surface area contributed by atoms with E-state index in [0.29, 0.717) is 17.0 Å². The molecular weight excluding hydrogens is 365 g/mol. The van der Waals surface area contributed by atoms with Crippen molar-refractivity contribution in [3.05, 3.63) is 108 Å². The molecule has 1 aromatic heterocycles. The fraction of sp³-hybridized carbons (Fsp3) is 0.0417. The molecule has 29 heavy (non-hydrogen) atoms. The number of aromatic nitrogens is 2. The van der Waals surface area contributed by atoms with E-state index < -0.39 is 0 Å². The summed E-state index contributed by atoms with van der Waals surface area (Å²) in [6.07, 6.45) is 1.44. The highest BCUT2D eigenvalue weighted by molar-refractivity contribution is 5.94. The third kappa shape index (κ3) is 4.52. The highest BCUT2D eigenvalue weighted by Gasteiger charge is 2.08. The molecule has 4 nitrogen and oxygen atoms in total. The lowest BCUT2D eigenvalue weighted by molar-refractivity contribution is 0.0950. The number of benzene rings is 3. The minimum atomic E-state index is -0.298. The minimum absolute atomic E-state index is 0.174. The maximum atomic E-state index is 13.1. The predicted molar refractivity (Wildman–Crippen MR) is 110 cm³/mol. The molecule has 0 fully saturated rings. The van der Waals surface area contributed by atoms with Gasteiger partial charge < -0.3 is 5.32 Å². The van der Waals surface area contributed by atoms with Gasteiger partial charge in [0, 0.05) is 11.1 Å². The molecule has 0 saturated heterocycles. The van der Waals surface area contributed by atoms with Crippen molar-refractivity contribution in [3.63, 3.8) is 0 Å². The Morgan fingerprint density at radius 1 is 0.793 bits per heavy atom. The molecule has 3 aromatic carbocycles. The first-order chi connectivity index (χ1) is 14.2. The van der Waals surface area contributed by atoms with Crippen molar-refractivity contribution in [3.8, 4) is 22.4 Å². The third-order valence-corrected chi connectivity index (χ3v) is 4.55. The van der Waals surface area contributed by atoms with Crippen LogP contribution in [0.1, 0.15) is 16.1 Å². The standard InChI is InChI=1S/C24H18FN3O/c25-21-12-10-19(11-13-21)23-14-22(27-16-28-23)15-26-24(29)20-8-6-18(7-9-20)17-4-2-1-3-5-17/h1-14,16H,15H2,(H,26,29). The van der Waals surface area contributed by atoms with Crippen molar-refractivity contribution in [1.29, 1.82) is 0 Å². The summed E-state index contributed by atoms with van der Waals surface area (Å²) in [6.45, 7) is 0.274. The average Bonchev–Trinajstić information content (AvgIpc) is 2.79. The topological polar surface area (TPSA) is 54.9 Å². The Bertz CT molecular complexity index is 1110. The van der Waals surface area contributed by atoms with Crippen LogP contribution in [0.4, 0.5) is 4.39 Å². The fourth-order valence-electron chi connectivity index (χ4n) is 2.99. The molecule has 0 bridgehead atoms. The van der Waals surface area contributed by atoms with Crippen molar-refractivity contribution >= 4 is 5.91 Å². The van der Waals surface area contributed by atoms with E-state index in [2.05, 4.69) is 15.3 Å². The van der Waals surface area contributed by atoms with Crippen molar-refractivity contribution in [2.45, 2.75) is 6.54 Å². The highest BCUT2D eigenvalue weighted by Crippen LogP contribution is 2.20. The molecule has 0 aliphatic carbocycles. The molecule has 0 aliphatic rings. The molecule has 0 saturated carbocycles. The van der Waals surface area contributed by atoms with Gasteiger partial charge in [0.05, 0.1) is 17.9 Å². The second kappa shape index (κ2) is 8.44. The minimum Gasteiger partial charge on any atom is -0.346 e. The molecule has 5 heteroatoms. The van der Waals surface area contributed by atoms with Crippen LogP contribution >= 0.6 is 0 Å². The Kier molecular flexibility index (Phi) is 5.38. The number of carbonyl (C=O) groups is 1. The van der Waals surface area contributed by atoms with Gasteiger partial charge in [0.25, 0.3) is 5.91 Å². The highest BCUT2D eigenvalue weighted by atomic mass is 19.1. The normalized spacial score (nSPS) is 10.5. The van der Waals surface area contributed by atoms with Gasteiger partial charge in [0.1, 0.15) is 12.1 Å². The SMILES string of the molecule is O=C(NCc1cc(-c2ccc(F)cc2)ncn1)c1ccc(-c2ccccc2)cc1. The van der Waals surface area contributed by atoms with Crippen molar-refractivity contribution in [1.82, 2.24) is 15.3 Å². The first-order valence-electron chi connectivity index (χ1n) is 9.19. The Morgan fingerprint density at radius 3 is 2.17 bits per heavy atom. The zero-order valence-corrected chi connectivity index (χ0v) is 15.5. The van der Waals surface area contributed by atoms with Gasteiger partial charge in [-0.1, -0.05) is 42.5 Å². The van der Waals surface area contributed by atoms with E-state index >= 15 is 0 Å². The molecular formula is C24H18FN3O. The number of rotatable bonds is 5. The number of halogens is 1. The maximum absolute atomic E-state index is 13.1. The summed E-state index contributed by atoms with van der Waals surface area (Å²) in [4.78, 5) is 20.9. The van der Waals surface area contributed by atoms with Crippen LogP contribution < -0.4 is 5.32 Å². The van der Waals surface area contributed by atoms with E-state index in [0.717, 1.165) is 16.7 Å². The van der Waals surface area contributed by atoms with Gasteiger partial charge in [-0.05, 0) is 53.6 Å². The van der Waals surface area contributed by atoms with Gasteiger partial charge in [-0.15, -0.1) is 0 Å². The summed E-state index contributed by atoms with van der Waals surface area (Å²) in [6, 6.07) is 25.4. The van der Waals surface area contributed by atoms with Crippen LogP contribution in [0.15, 0.2) is 91.3 Å². The number of hydrogen-bond donors (Lipinski definition) is 1. The van der Waals surface area contributed by atoms with Crippen LogP contribution in [0.5, 0.6) is 0 Å². The number of carbonyl (C=O) groups excluding carboxylic acids is 1. The average molecular weight is 383 g/mol. The lowest BCUT2D eigenvalue weighted by Crippen LogP contribution is -2.23. The van der Waals surface area contributed by atoms with E-state index in [1.165, 1.54) is 18.5 Å². The van der Waals surface area contributed by atoms with Crippen molar-refractivity contribution in [2.24, 2.45) is 0 Å². The monoisotopic (exact) mass is 383 g/mol. The lowest BCUT2D eigenvalue weighted by atomic mass is 10.0. The van der Waals surface area contributed by atoms with E-state index in [1.807, 2.05) is 54.6 Å². The summed E-state index contributed by atoms with van der Waals surface area (Å²) in [5.41, 5.74) is 4.89. The molecule has 1 N–H and O–H groups in total. The first-order valence-corrected chi connectivity index (χ1v) is 9.19. The van der Waals surface area contributed by atoms with Crippen LogP contribution in [0.3, 0.4) is 0 Å². The van der Waals surface area contributed by atoms with Crippen LogP contribution in [-0.4, -0.2) is 15.9 Å². The van der Waals surface area contributed by atoms with Gasteiger partial charge in [-0.2, -0.15) is 0 Å². The van der Waals surface area contributed by atoms with Crippen LogP contribution in [0.2, 0.25) is 0 Å².